The molecule has 4 saturated carbocycles. The summed E-state index contributed by atoms with van der Waals surface area (Å²) in [6, 6.07) is 0. The Morgan fingerprint density at radius 2 is 1.79 bits per heavy atom. The maximum absolute atomic E-state index is 13.5. The van der Waals surface area contributed by atoms with Crippen LogP contribution < -0.4 is 0 Å². The number of aliphatic hydroxyl groups excluding tert-OH is 1. The van der Waals surface area contributed by atoms with Crippen molar-refractivity contribution in [1.82, 2.24) is 0 Å². The van der Waals surface area contributed by atoms with E-state index in [1.54, 1.807) is 6.92 Å². The van der Waals surface area contributed by atoms with Gasteiger partial charge in [-0.2, -0.15) is 0 Å². The van der Waals surface area contributed by atoms with Crippen LogP contribution in [0.2, 0.25) is 0 Å². The molecule has 5 nitrogen and oxygen atoms in total. The van der Waals surface area contributed by atoms with Crippen LogP contribution in [-0.4, -0.2) is 41.8 Å². The highest BCUT2D eigenvalue weighted by Gasteiger charge is 2.67. The molecule has 0 bridgehead atoms. The summed E-state index contributed by atoms with van der Waals surface area (Å²) in [5, 5.41) is 11.4. The lowest BCUT2D eigenvalue weighted by Gasteiger charge is -2.62. The number of ether oxygens (including phenoxy) is 2. The molecule has 5 aliphatic rings. The van der Waals surface area contributed by atoms with Gasteiger partial charge in [0.1, 0.15) is 11.6 Å². The average molecular weight is 391 g/mol. The summed E-state index contributed by atoms with van der Waals surface area (Å²) in [5.74, 6) is 0.807. The first kappa shape index (κ1) is 19.2. The van der Waals surface area contributed by atoms with E-state index >= 15 is 0 Å². The SMILES string of the molecule is CC(=O)[C@@H]1CC[C@H]2[C@@H]3CC[C@@H]4CC5(CC(=O)[C@]4(C)[C@H]3[C@@H](O)C[C@]12C)OCCO5. The Kier molecular flexibility index (Phi) is 4.19. The summed E-state index contributed by atoms with van der Waals surface area (Å²) in [7, 11) is 0. The molecule has 1 spiro atoms. The second kappa shape index (κ2) is 6.12. The van der Waals surface area contributed by atoms with Crippen LogP contribution in [0.1, 0.15) is 65.7 Å². The van der Waals surface area contributed by atoms with Gasteiger partial charge in [-0.25, -0.2) is 0 Å². The maximum Gasteiger partial charge on any atom is 0.175 e. The Morgan fingerprint density at radius 1 is 1.07 bits per heavy atom. The third kappa shape index (κ3) is 2.36. The van der Waals surface area contributed by atoms with Crippen molar-refractivity contribution in [1.29, 1.82) is 0 Å². The number of aliphatic hydroxyl groups is 1. The normalized spacial score (nSPS) is 52.2. The maximum atomic E-state index is 13.5. The summed E-state index contributed by atoms with van der Waals surface area (Å²) in [4.78, 5) is 25.8. The first-order valence-electron chi connectivity index (χ1n) is 11.2. The van der Waals surface area contributed by atoms with Crippen LogP contribution in [0.25, 0.3) is 0 Å². The number of ketones is 2. The fraction of sp³-hybridized carbons (Fsp3) is 0.913. The van der Waals surface area contributed by atoms with Gasteiger partial charge >= 0.3 is 0 Å². The zero-order valence-corrected chi connectivity index (χ0v) is 17.4. The van der Waals surface area contributed by atoms with E-state index in [1.807, 2.05) is 0 Å². The number of hydrogen-bond donors (Lipinski definition) is 1. The highest BCUT2D eigenvalue weighted by atomic mass is 16.7. The molecule has 1 N–H and O–H groups in total. The fourth-order valence-electron chi connectivity index (χ4n) is 8.56. The van der Waals surface area contributed by atoms with E-state index in [0.717, 1.165) is 32.1 Å². The van der Waals surface area contributed by atoms with Crippen LogP contribution in [-0.2, 0) is 19.1 Å². The van der Waals surface area contributed by atoms with Crippen molar-refractivity contribution in [2.45, 2.75) is 77.6 Å². The number of Topliss-reactive ketones (excluding diaryl/α,β-unsaturated/α-hetero) is 2. The number of rotatable bonds is 1. The molecule has 8 atom stereocenters. The van der Waals surface area contributed by atoms with Crippen molar-refractivity contribution in [3.05, 3.63) is 0 Å². The van der Waals surface area contributed by atoms with Gasteiger partial charge in [0, 0.05) is 23.7 Å². The highest BCUT2D eigenvalue weighted by Crippen LogP contribution is 2.67. The summed E-state index contributed by atoms with van der Waals surface area (Å²) < 4.78 is 11.8. The van der Waals surface area contributed by atoms with E-state index in [1.165, 1.54) is 0 Å². The van der Waals surface area contributed by atoms with Gasteiger partial charge in [0.05, 0.1) is 25.7 Å². The zero-order valence-electron chi connectivity index (χ0n) is 17.4. The van der Waals surface area contributed by atoms with Gasteiger partial charge in [-0.3, -0.25) is 9.59 Å². The van der Waals surface area contributed by atoms with Crippen LogP contribution in [0.5, 0.6) is 0 Å². The molecule has 0 unspecified atom stereocenters. The topological polar surface area (TPSA) is 72.8 Å². The number of carbonyl (C=O) groups is 2. The van der Waals surface area contributed by atoms with Crippen molar-refractivity contribution >= 4 is 11.6 Å². The van der Waals surface area contributed by atoms with Gasteiger partial charge in [0.25, 0.3) is 0 Å². The van der Waals surface area contributed by atoms with Crippen LogP contribution in [0, 0.1) is 40.4 Å². The number of fused-ring (bicyclic) bond motifs is 5. The lowest BCUT2D eigenvalue weighted by Crippen LogP contribution is -2.64. The Labute approximate surface area is 167 Å². The van der Waals surface area contributed by atoms with Crippen molar-refractivity contribution < 1.29 is 24.2 Å². The molecule has 1 heterocycles. The molecule has 0 aromatic heterocycles. The van der Waals surface area contributed by atoms with E-state index < -0.39 is 17.3 Å². The fourth-order valence-corrected chi connectivity index (χ4v) is 8.56. The molecule has 1 saturated heterocycles. The largest absolute Gasteiger partial charge is 0.393 e. The van der Waals surface area contributed by atoms with Gasteiger partial charge < -0.3 is 14.6 Å². The van der Waals surface area contributed by atoms with E-state index in [2.05, 4.69) is 13.8 Å². The van der Waals surface area contributed by atoms with Crippen LogP contribution >= 0.6 is 0 Å². The Morgan fingerprint density at radius 3 is 2.46 bits per heavy atom. The molecular formula is C23H34O5. The molecular weight excluding hydrogens is 356 g/mol. The lowest BCUT2D eigenvalue weighted by molar-refractivity contribution is -0.231. The smallest absolute Gasteiger partial charge is 0.175 e. The lowest BCUT2D eigenvalue weighted by atomic mass is 9.43. The first-order valence-corrected chi connectivity index (χ1v) is 11.2. The molecule has 28 heavy (non-hydrogen) atoms. The molecule has 5 fully saturated rings. The number of hydrogen-bond acceptors (Lipinski definition) is 5. The van der Waals surface area contributed by atoms with Crippen molar-refractivity contribution in [2.24, 2.45) is 40.4 Å². The minimum Gasteiger partial charge on any atom is -0.393 e. The van der Waals surface area contributed by atoms with Crippen molar-refractivity contribution in [2.75, 3.05) is 13.2 Å². The molecule has 0 amide bonds. The van der Waals surface area contributed by atoms with Crippen LogP contribution in [0.4, 0.5) is 0 Å². The molecule has 156 valence electrons. The van der Waals surface area contributed by atoms with E-state index in [4.69, 9.17) is 9.47 Å². The Balaban J connectivity index is 1.49. The van der Waals surface area contributed by atoms with Crippen molar-refractivity contribution in [3.8, 4) is 0 Å². The molecule has 5 rings (SSSR count). The molecule has 0 aromatic rings. The summed E-state index contributed by atoms with van der Waals surface area (Å²) in [6.45, 7) is 7.18. The van der Waals surface area contributed by atoms with Gasteiger partial charge in [-0.1, -0.05) is 13.8 Å². The van der Waals surface area contributed by atoms with E-state index in [-0.39, 0.29) is 34.7 Å². The summed E-state index contributed by atoms with van der Waals surface area (Å²) >= 11 is 0. The summed E-state index contributed by atoms with van der Waals surface area (Å²) in [5.41, 5.74) is -0.620. The second-order valence-electron chi connectivity index (χ2n) is 10.8. The monoisotopic (exact) mass is 390 g/mol. The molecule has 1 aliphatic heterocycles. The first-order chi connectivity index (χ1) is 13.2. The predicted octanol–water partition coefficient (Wildman–Crippen LogP) is 3.13. The Hall–Kier alpha value is -0.780. The highest BCUT2D eigenvalue weighted by molar-refractivity contribution is 5.87. The Bertz CT molecular complexity index is 697. The van der Waals surface area contributed by atoms with Gasteiger partial charge in [0.15, 0.2) is 5.79 Å². The molecule has 4 aliphatic carbocycles. The van der Waals surface area contributed by atoms with Crippen LogP contribution in [0.15, 0.2) is 0 Å². The predicted molar refractivity (Wildman–Crippen MR) is 102 cm³/mol. The van der Waals surface area contributed by atoms with Gasteiger partial charge in [-0.05, 0) is 62.2 Å². The molecule has 0 aromatic carbocycles. The average Bonchev–Trinajstić information content (AvgIpc) is 3.20. The van der Waals surface area contributed by atoms with E-state index in [9.17, 15) is 14.7 Å². The summed E-state index contributed by atoms with van der Waals surface area (Å²) in [6.07, 6.45) is 5.24. The van der Waals surface area contributed by atoms with E-state index in [0.29, 0.717) is 37.9 Å². The number of carbonyl (C=O) groups excluding carboxylic acids is 2. The minimum absolute atomic E-state index is 0.00119. The molecule has 0 radical (unpaired) electrons. The van der Waals surface area contributed by atoms with Crippen LogP contribution in [0.3, 0.4) is 0 Å². The van der Waals surface area contributed by atoms with Crippen molar-refractivity contribution in [3.63, 3.8) is 0 Å². The quantitative estimate of drug-likeness (QED) is 0.745. The van der Waals surface area contributed by atoms with Gasteiger partial charge in [-0.15, -0.1) is 0 Å². The third-order valence-electron chi connectivity index (χ3n) is 9.73. The third-order valence-corrected chi connectivity index (χ3v) is 9.73. The minimum atomic E-state index is -0.713. The zero-order chi connectivity index (χ0) is 19.9. The van der Waals surface area contributed by atoms with Gasteiger partial charge in [0.2, 0.25) is 0 Å². The standard InChI is InChI=1S/C23H34O5/c1-13(24)16-6-7-17-15-5-4-14-10-23(27-8-9-28-23)12-19(26)22(14,3)20(15)18(25)11-21(16,17)2/h14-18,20,25H,4-12H2,1-3H3/t14-,15+,16+,17+,18+,20-,21-,22-/m1/s1. The second-order valence-corrected chi connectivity index (χ2v) is 10.8. The molecule has 5 heteroatoms.